The molecule has 1 aromatic rings. The summed E-state index contributed by atoms with van der Waals surface area (Å²) in [6.45, 7) is 6.29. The number of carboxylic acids is 1. The molecule has 7 nitrogen and oxygen atoms in total. The van der Waals surface area contributed by atoms with Crippen LogP contribution in [-0.4, -0.2) is 45.6 Å². The van der Waals surface area contributed by atoms with Gasteiger partial charge in [-0.25, -0.2) is 4.98 Å². The smallest absolute Gasteiger partial charge is 0.320 e. The van der Waals surface area contributed by atoms with E-state index in [9.17, 15) is 9.59 Å². The lowest BCUT2D eigenvalue weighted by atomic mass is 10.0. The minimum Gasteiger partial charge on any atom is -0.480 e. The van der Waals surface area contributed by atoms with Crippen molar-refractivity contribution in [1.29, 1.82) is 0 Å². The fourth-order valence-electron chi connectivity index (χ4n) is 2.19. The Bertz CT molecular complexity index is 459. The van der Waals surface area contributed by atoms with Crippen LogP contribution in [0, 0.1) is 5.92 Å². The summed E-state index contributed by atoms with van der Waals surface area (Å²) in [5, 5.41) is 14.9. The van der Waals surface area contributed by atoms with Crippen LogP contribution >= 0.6 is 0 Å². The molecule has 0 aliphatic heterocycles. The van der Waals surface area contributed by atoms with E-state index in [1.807, 2.05) is 13.8 Å². The number of aromatic amines is 1. The predicted molar refractivity (Wildman–Crippen MR) is 83.4 cm³/mol. The Kier molecular flexibility index (Phi) is 7.59. The second-order valence-corrected chi connectivity index (χ2v) is 5.77. The fraction of sp³-hybridized carbons (Fsp3) is 0.667. The lowest BCUT2D eigenvalue weighted by molar-refractivity contribution is -0.140. The number of nitrogens with zero attached hydrogens (tertiary/aromatic N) is 1. The number of carbonyl (C=O) groups is 2. The van der Waals surface area contributed by atoms with E-state index in [2.05, 4.69) is 20.6 Å². The van der Waals surface area contributed by atoms with Gasteiger partial charge in [0.1, 0.15) is 6.04 Å². The Labute approximate surface area is 130 Å². The van der Waals surface area contributed by atoms with E-state index in [1.54, 1.807) is 19.4 Å². The molecule has 0 spiro atoms. The van der Waals surface area contributed by atoms with Crippen LogP contribution in [0.15, 0.2) is 12.5 Å². The van der Waals surface area contributed by atoms with Crippen molar-refractivity contribution in [3.63, 3.8) is 0 Å². The molecule has 22 heavy (non-hydrogen) atoms. The molecule has 0 bridgehead atoms. The summed E-state index contributed by atoms with van der Waals surface area (Å²) in [7, 11) is 0. The first kappa shape index (κ1) is 18.2. The van der Waals surface area contributed by atoms with Gasteiger partial charge in [-0.3, -0.25) is 14.9 Å². The molecule has 7 heteroatoms. The number of aromatic nitrogens is 2. The summed E-state index contributed by atoms with van der Waals surface area (Å²) in [6, 6.07) is -1.20. The average Bonchev–Trinajstić information content (AvgIpc) is 2.95. The van der Waals surface area contributed by atoms with Crippen LogP contribution in [0.5, 0.6) is 0 Å². The molecule has 124 valence electrons. The second-order valence-electron chi connectivity index (χ2n) is 5.77. The van der Waals surface area contributed by atoms with Crippen molar-refractivity contribution in [2.75, 3.05) is 6.54 Å². The molecular weight excluding hydrogens is 284 g/mol. The summed E-state index contributed by atoms with van der Waals surface area (Å²) in [4.78, 5) is 30.3. The van der Waals surface area contributed by atoms with Crippen molar-refractivity contribution >= 4 is 11.9 Å². The number of carboxylic acid groups (broad SMARTS) is 1. The molecule has 0 saturated carbocycles. The van der Waals surface area contributed by atoms with E-state index < -0.39 is 18.1 Å². The van der Waals surface area contributed by atoms with Crippen molar-refractivity contribution in [1.82, 2.24) is 20.6 Å². The maximum absolute atomic E-state index is 12.3. The molecule has 0 saturated heterocycles. The lowest BCUT2D eigenvalue weighted by Gasteiger charge is -2.23. The Hall–Kier alpha value is -1.89. The fourth-order valence-corrected chi connectivity index (χ4v) is 2.19. The molecule has 0 radical (unpaired) electrons. The van der Waals surface area contributed by atoms with Gasteiger partial charge in [0.15, 0.2) is 0 Å². The summed E-state index contributed by atoms with van der Waals surface area (Å²) >= 11 is 0. The number of aliphatic carboxylic acids is 1. The maximum Gasteiger partial charge on any atom is 0.320 e. The van der Waals surface area contributed by atoms with Crippen molar-refractivity contribution in [3.05, 3.63) is 18.2 Å². The quantitative estimate of drug-likeness (QED) is 0.514. The minimum absolute atomic E-state index is 0.159. The first-order valence-corrected chi connectivity index (χ1v) is 7.67. The highest BCUT2D eigenvalue weighted by molar-refractivity contribution is 5.83. The van der Waals surface area contributed by atoms with Crippen LogP contribution < -0.4 is 10.6 Å². The van der Waals surface area contributed by atoms with E-state index in [1.165, 1.54) is 0 Å². The SMILES string of the molecule is CC[C@@H](N[C@@H](CC(C)C)C(=O)NCCc1cnc[nH]1)C(=O)O. The van der Waals surface area contributed by atoms with Gasteiger partial charge in [-0.2, -0.15) is 0 Å². The second kappa shape index (κ2) is 9.19. The third-order valence-corrected chi connectivity index (χ3v) is 3.38. The number of hydrogen-bond acceptors (Lipinski definition) is 4. The summed E-state index contributed by atoms with van der Waals surface area (Å²) in [5.74, 6) is -0.795. The Morgan fingerprint density at radius 2 is 2.09 bits per heavy atom. The highest BCUT2D eigenvalue weighted by Crippen LogP contribution is 2.07. The molecule has 1 amide bonds. The van der Waals surface area contributed by atoms with Crippen LogP contribution in [0.2, 0.25) is 0 Å². The molecule has 1 aromatic heterocycles. The van der Waals surface area contributed by atoms with E-state index in [4.69, 9.17) is 5.11 Å². The van der Waals surface area contributed by atoms with E-state index in [-0.39, 0.29) is 5.91 Å². The van der Waals surface area contributed by atoms with Crippen molar-refractivity contribution in [3.8, 4) is 0 Å². The number of H-pyrrole nitrogens is 1. The predicted octanol–water partition coefficient (Wildman–Crippen LogP) is 0.936. The van der Waals surface area contributed by atoms with Gasteiger partial charge < -0.3 is 15.4 Å². The molecule has 0 aromatic carbocycles. The lowest BCUT2D eigenvalue weighted by Crippen LogP contribution is -2.51. The van der Waals surface area contributed by atoms with Crippen molar-refractivity contribution in [2.24, 2.45) is 5.92 Å². The zero-order chi connectivity index (χ0) is 16.5. The van der Waals surface area contributed by atoms with Crippen LogP contribution in [0.4, 0.5) is 0 Å². The zero-order valence-corrected chi connectivity index (χ0v) is 13.4. The van der Waals surface area contributed by atoms with E-state index in [0.29, 0.717) is 31.7 Å². The number of carbonyl (C=O) groups excluding carboxylic acids is 1. The topological polar surface area (TPSA) is 107 Å². The zero-order valence-electron chi connectivity index (χ0n) is 13.4. The first-order valence-electron chi connectivity index (χ1n) is 7.67. The van der Waals surface area contributed by atoms with Gasteiger partial charge in [0, 0.05) is 24.9 Å². The standard InChI is InChI=1S/C15H26N4O3/c1-4-12(15(21)22)19-13(7-10(2)3)14(20)17-6-5-11-8-16-9-18-11/h8-10,12-13,19H,4-7H2,1-3H3,(H,16,18)(H,17,20)(H,21,22)/t12-,13+/m1/s1. The summed E-state index contributed by atoms with van der Waals surface area (Å²) in [5.41, 5.74) is 0.950. The number of amides is 1. The summed E-state index contributed by atoms with van der Waals surface area (Å²) in [6.07, 6.45) is 5.01. The van der Waals surface area contributed by atoms with Gasteiger partial charge in [0.25, 0.3) is 0 Å². The molecule has 0 aliphatic carbocycles. The van der Waals surface area contributed by atoms with Gasteiger partial charge in [-0.15, -0.1) is 0 Å². The summed E-state index contributed by atoms with van der Waals surface area (Å²) < 4.78 is 0. The monoisotopic (exact) mass is 310 g/mol. The molecular formula is C15H26N4O3. The normalized spacial score (nSPS) is 13.8. The van der Waals surface area contributed by atoms with E-state index in [0.717, 1.165) is 5.69 Å². The largest absolute Gasteiger partial charge is 0.480 e. The third kappa shape index (κ3) is 6.26. The van der Waals surface area contributed by atoms with Gasteiger partial charge in [-0.1, -0.05) is 20.8 Å². The highest BCUT2D eigenvalue weighted by atomic mass is 16.4. The van der Waals surface area contributed by atoms with Crippen LogP contribution in [0.1, 0.15) is 39.3 Å². The molecule has 1 heterocycles. The highest BCUT2D eigenvalue weighted by Gasteiger charge is 2.25. The molecule has 2 atom stereocenters. The Morgan fingerprint density at radius 3 is 2.59 bits per heavy atom. The number of rotatable bonds is 10. The van der Waals surface area contributed by atoms with Gasteiger partial charge in [0.2, 0.25) is 5.91 Å². The van der Waals surface area contributed by atoms with Gasteiger partial charge in [0.05, 0.1) is 12.4 Å². The van der Waals surface area contributed by atoms with Crippen LogP contribution in [0.25, 0.3) is 0 Å². The molecule has 0 unspecified atom stereocenters. The molecule has 1 rings (SSSR count). The Morgan fingerprint density at radius 1 is 1.36 bits per heavy atom. The van der Waals surface area contributed by atoms with Crippen LogP contribution in [-0.2, 0) is 16.0 Å². The van der Waals surface area contributed by atoms with Crippen molar-refractivity contribution in [2.45, 2.75) is 52.1 Å². The van der Waals surface area contributed by atoms with Gasteiger partial charge in [-0.05, 0) is 18.8 Å². The molecule has 4 N–H and O–H groups in total. The number of hydrogen-bond donors (Lipinski definition) is 4. The first-order chi connectivity index (χ1) is 10.4. The number of imidazole rings is 1. The van der Waals surface area contributed by atoms with E-state index >= 15 is 0 Å². The average molecular weight is 310 g/mol. The van der Waals surface area contributed by atoms with Crippen LogP contribution in [0.3, 0.4) is 0 Å². The molecule has 0 aliphatic rings. The maximum atomic E-state index is 12.3. The third-order valence-electron chi connectivity index (χ3n) is 3.38. The Balaban J connectivity index is 2.53. The number of nitrogens with one attached hydrogen (secondary N) is 3. The molecule has 0 fully saturated rings. The van der Waals surface area contributed by atoms with Gasteiger partial charge >= 0.3 is 5.97 Å². The minimum atomic E-state index is -0.929. The van der Waals surface area contributed by atoms with Crippen molar-refractivity contribution < 1.29 is 14.7 Å².